The quantitative estimate of drug-likeness (QED) is 0.844. The van der Waals surface area contributed by atoms with Crippen LogP contribution in [0.5, 0.6) is 0 Å². The summed E-state index contributed by atoms with van der Waals surface area (Å²) in [6.07, 6.45) is 3.28. The molecule has 5 heteroatoms. The Hall–Kier alpha value is -1.49. The van der Waals surface area contributed by atoms with E-state index >= 15 is 0 Å². The molecule has 0 aromatic carbocycles. The lowest BCUT2D eigenvalue weighted by Gasteiger charge is -2.29. The topological polar surface area (TPSA) is 53.4 Å². The van der Waals surface area contributed by atoms with Crippen LogP contribution in [0.2, 0.25) is 0 Å². The van der Waals surface area contributed by atoms with Gasteiger partial charge >= 0.3 is 0 Å². The summed E-state index contributed by atoms with van der Waals surface area (Å²) in [5.41, 5.74) is 0.110. The van der Waals surface area contributed by atoms with Crippen LogP contribution in [0.15, 0.2) is 18.5 Å². The normalized spacial score (nSPS) is 22.9. The minimum atomic E-state index is -0.514. The van der Waals surface area contributed by atoms with Gasteiger partial charge in [0.1, 0.15) is 5.82 Å². The first-order chi connectivity index (χ1) is 8.87. The number of hydrogen-bond donors (Lipinski definition) is 1. The number of likely N-dealkylation sites (tertiary alicyclic amines) is 1. The summed E-state index contributed by atoms with van der Waals surface area (Å²) in [7, 11) is 0. The zero-order chi connectivity index (χ0) is 14.0. The third kappa shape index (κ3) is 3.50. The molecule has 0 radical (unpaired) electrons. The van der Waals surface area contributed by atoms with Crippen molar-refractivity contribution in [2.45, 2.75) is 32.8 Å². The van der Waals surface area contributed by atoms with E-state index in [0.29, 0.717) is 25.9 Å². The molecule has 0 spiro atoms. The highest BCUT2D eigenvalue weighted by Crippen LogP contribution is 2.29. The number of rotatable bonds is 1. The Morgan fingerprint density at radius 3 is 2.95 bits per heavy atom. The molecule has 0 unspecified atom stereocenters. The van der Waals surface area contributed by atoms with Gasteiger partial charge in [0.25, 0.3) is 5.91 Å². The molecule has 2 heterocycles. The maximum atomic E-state index is 13.1. The van der Waals surface area contributed by atoms with Gasteiger partial charge in [-0.1, -0.05) is 13.8 Å². The van der Waals surface area contributed by atoms with Gasteiger partial charge in [0.15, 0.2) is 0 Å². The summed E-state index contributed by atoms with van der Waals surface area (Å²) >= 11 is 0. The van der Waals surface area contributed by atoms with E-state index in [0.717, 1.165) is 6.20 Å². The lowest BCUT2D eigenvalue weighted by molar-refractivity contribution is 0.0704. The highest BCUT2D eigenvalue weighted by atomic mass is 19.1. The second kappa shape index (κ2) is 5.25. The van der Waals surface area contributed by atoms with Crippen LogP contribution >= 0.6 is 0 Å². The van der Waals surface area contributed by atoms with E-state index in [1.54, 1.807) is 4.90 Å². The molecule has 2 rings (SSSR count). The Bertz CT molecular complexity index is 476. The summed E-state index contributed by atoms with van der Waals surface area (Å²) in [4.78, 5) is 17.7. The molecule has 1 aliphatic rings. The average molecular weight is 266 g/mol. The first-order valence-corrected chi connectivity index (χ1v) is 6.45. The van der Waals surface area contributed by atoms with Crippen molar-refractivity contribution >= 4 is 5.91 Å². The molecule has 19 heavy (non-hydrogen) atoms. The maximum absolute atomic E-state index is 13.1. The van der Waals surface area contributed by atoms with E-state index in [9.17, 15) is 14.3 Å². The minimum absolute atomic E-state index is 0.146. The van der Waals surface area contributed by atoms with E-state index in [-0.39, 0.29) is 16.9 Å². The number of carbonyl (C=O) groups excluding carboxylic acids is 1. The predicted molar refractivity (Wildman–Crippen MR) is 69.1 cm³/mol. The van der Waals surface area contributed by atoms with E-state index in [2.05, 4.69) is 4.98 Å². The molecular weight excluding hydrogens is 247 g/mol. The zero-order valence-electron chi connectivity index (χ0n) is 11.3. The van der Waals surface area contributed by atoms with Crippen LogP contribution in [0.25, 0.3) is 0 Å². The molecule has 1 saturated heterocycles. The summed E-state index contributed by atoms with van der Waals surface area (Å²) in [5, 5.41) is 9.83. The van der Waals surface area contributed by atoms with Crippen LogP contribution in [0.3, 0.4) is 0 Å². The van der Waals surface area contributed by atoms with Crippen LogP contribution in [-0.4, -0.2) is 40.1 Å². The van der Waals surface area contributed by atoms with Crippen molar-refractivity contribution in [1.29, 1.82) is 0 Å². The van der Waals surface area contributed by atoms with Crippen molar-refractivity contribution in [2.75, 3.05) is 13.1 Å². The summed E-state index contributed by atoms with van der Waals surface area (Å²) in [6, 6.07) is 1.20. The van der Waals surface area contributed by atoms with Crippen molar-refractivity contribution in [3.05, 3.63) is 29.8 Å². The largest absolute Gasteiger partial charge is 0.393 e. The molecule has 104 valence electrons. The van der Waals surface area contributed by atoms with Gasteiger partial charge in [-0.05, 0) is 24.3 Å². The van der Waals surface area contributed by atoms with Crippen molar-refractivity contribution in [1.82, 2.24) is 9.88 Å². The van der Waals surface area contributed by atoms with Crippen LogP contribution in [0, 0.1) is 11.2 Å². The molecule has 1 aliphatic heterocycles. The number of amides is 1. The Kier molecular flexibility index (Phi) is 3.85. The van der Waals surface area contributed by atoms with Gasteiger partial charge in [-0.3, -0.25) is 9.78 Å². The van der Waals surface area contributed by atoms with Gasteiger partial charge < -0.3 is 10.0 Å². The fourth-order valence-corrected chi connectivity index (χ4v) is 2.59. The first-order valence-electron chi connectivity index (χ1n) is 6.45. The highest BCUT2D eigenvalue weighted by molar-refractivity contribution is 5.93. The Morgan fingerprint density at radius 2 is 2.26 bits per heavy atom. The molecular formula is C14H19FN2O2. The van der Waals surface area contributed by atoms with Crippen molar-refractivity contribution < 1.29 is 14.3 Å². The lowest BCUT2D eigenvalue weighted by atomic mass is 9.87. The second-order valence-electron chi connectivity index (χ2n) is 5.93. The van der Waals surface area contributed by atoms with E-state index in [4.69, 9.17) is 0 Å². The van der Waals surface area contributed by atoms with Gasteiger partial charge in [0, 0.05) is 19.3 Å². The lowest BCUT2D eigenvalue weighted by Crippen LogP contribution is -2.37. The molecule has 1 aromatic rings. The number of aliphatic hydroxyl groups excluding tert-OH is 1. The number of nitrogens with zero attached hydrogens (tertiary/aromatic N) is 2. The Labute approximate surface area is 112 Å². The van der Waals surface area contributed by atoms with Crippen molar-refractivity contribution in [3.8, 4) is 0 Å². The molecule has 4 nitrogen and oxygen atoms in total. The van der Waals surface area contributed by atoms with Gasteiger partial charge in [-0.15, -0.1) is 0 Å². The maximum Gasteiger partial charge on any atom is 0.255 e. The Morgan fingerprint density at radius 1 is 1.53 bits per heavy atom. The average Bonchev–Trinajstić information content (AvgIpc) is 2.46. The zero-order valence-corrected chi connectivity index (χ0v) is 11.3. The molecule has 0 saturated carbocycles. The molecule has 1 amide bonds. The SMILES string of the molecule is CC1(C)C[C@H](O)CCN(C(=O)c2cncc(F)c2)C1. The predicted octanol–water partition coefficient (Wildman–Crippen LogP) is 1.84. The number of carbonyl (C=O) groups is 1. The molecule has 1 N–H and O–H groups in total. The van der Waals surface area contributed by atoms with Crippen LogP contribution < -0.4 is 0 Å². The summed E-state index contributed by atoms with van der Waals surface area (Å²) in [5.74, 6) is -0.742. The van der Waals surface area contributed by atoms with Crippen molar-refractivity contribution in [3.63, 3.8) is 0 Å². The third-order valence-electron chi connectivity index (χ3n) is 3.38. The fourth-order valence-electron chi connectivity index (χ4n) is 2.59. The fraction of sp³-hybridized carbons (Fsp3) is 0.571. The van der Waals surface area contributed by atoms with Crippen LogP contribution in [-0.2, 0) is 0 Å². The van der Waals surface area contributed by atoms with E-state index in [1.165, 1.54) is 12.3 Å². The number of hydrogen-bond acceptors (Lipinski definition) is 3. The number of pyridine rings is 1. The van der Waals surface area contributed by atoms with Gasteiger partial charge in [-0.2, -0.15) is 0 Å². The number of halogens is 1. The van der Waals surface area contributed by atoms with Gasteiger partial charge in [0.05, 0.1) is 17.9 Å². The highest BCUT2D eigenvalue weighted by Gasteiger charge is 2.31. The smallest absolute Gasteiger partial charge is 0.255 e. The molecule has 0 aliphatic carbocycles. The Balaban J connectivity index is 2.18. The molecule has 1 aromatic heterocycles. The van der Waals surface area contributed by atoms with Crippen LogP contribution in [0.1, 0.15) is 37.0 Å². The van der Waals surface area contributed by atoms with E-state index < -0.39 is 11.9 Å². The van der Waals surface area contributed by atoms with Crippen molar-refractivity contribution in [2.24, 2.45) is 5.41 Å². The number of aromatic nitrogens is 1. The van der Waals surface area contributed by atoms with Crippen LogP contribution in [0.4, 0.5) is 4.39 Å². The molecule has 1 atom stereocenters. The number of aliphatic hydroxyl groups is 1. The summed E-state index contributed by atoms with van der Waals surface area (Å²) in [6.45, 7) is 5.08. The first kappa shape index (κ1) is 13.9. The molecule has 0 bridgehead atoms. The minimum Gasteiger partial charge on any atom is -0.393 e. The van der Waals surface area contributed by atoms with Gasteiger partial charge in [-0.25, -0.2) is 4.39 Å². The molecule has 1 fully saturated rings. The van der Waals surface area contributed by atoms with E-state index in [1.807, 2.05) is 13.8 Å². The van der Waals surface area contributed by atoms with Gasteiger partial charge in [0.2, 0.25) is 0 Å². The third-order valence-corrected chi connectivity index (χ3v) is 3.38. The summed E-state index contributed by atoms with van der Waals surface area (Å²) < 4.78 is 13.1. The standard InChI is InChI=1S/C14H19FN2O2/c1-14(2)6-12(18)3-4-17(9-14)13(19)10-5-11(15)8-16-7-10/h5,7-8,12,18H,3-4,6,9H2,1-2H3/t12-/m1/s1. The second-order valence-corrected chi connectivity index (χ2v) is 5.93. The monoisotopic (exact) mass is 266 g/mol.